The van der Waals surface area contributed by atoms with Crippen molar-refractivity contribution < 1.29 is 17.1 Å². The second kappa shape index (κ2) is 7.05. The Morgan fingerprint density at radius 1 is 0.917 bits per heavy atom. The summed E-state index contributed by atoms with van der Waals surface area (Å²) in [5.41, 5.74) is 2.01. The first-order chi connectivity index (χ1) is 11.3. The first kappa shape index (κ1) is 16.5. The lowest BCUT2D eigenvalue weighted by Crippen LogP contribution is -3.00. The number of fused-ring (bicyclic) bond motifs is 1. The number of ether oxygens (including phenoxy) is 1. The minimum atomic E-state index is 0. The molecule has 4 nitrogen and oxygen atoms in total. The number of halogens is 1. The van der Waals surface area contributed by atoms with Gasteiger partial charge in [0.25, 0.3) is 0 Å². The number of hydrogen-bond donors (Lipinski definition) is 0. The van der Waals surface area contributed by atoms with Crippen LogP contribution in [-0.2, 0) is 0 Å². The summed E-state index contributed by atoms with van der Waals surface area (Å²) >= 11 is 0. The molecule has 0 aliphatic carbocycles. The van der Waals surface area contributed by atoms with E-state index in [1.54, 1.807) is 7.11 Å². The first-order valence-electron chi connectivity index (χ1n) is 8.01. The molecule has 0 amide bonds. The number of hydrogen-bond acceptors (Lipinski definition) is 4. The molecule has 1 aromatic heterocycles. The van der Waals surface area contributed by atoms with Gasteiger partial charge in [0, 0.05) is 24.0 Å². The summed E-state index contributed by atoms with van der Waals surface area (Å²) in [4.78, 5) is 12.0. The molecule has 0 bridgehead atoms. The molecule has 1 saturated heterocycles. The van der Waals surface area contributed by atoms with Crippen molar-refractivity contribution in [3.63, 3.8) is 0 Å². The molecular weight excluding hydrogens is 322 g/mol. The molecule has 4 rings (SSSR count). The molecule has 0 N–H and O–H groups in total. The Hall–Kier alpha value is -2.33. The van der Waals surface area contributed by atoms with E-state index in [4.69, 9.17) is 14.7 Å². The average molecular weight is 341 g/mol. The van der Waals surface area contributed by atoms with E-state index in [1.807, 2.05) is 30.3 Å². The highest BCUT2D eigenvalue weighted by Gasteiger charge is 2.18. The van der Waals surface area contributed by atoms with Gasteiger partial charge in [0.1, 0.15) is 11.6 Å². The zero-order valence-corrected chi connectivity index (χ0v) is 14.3. The van der Waals surface area contributed by atoms with Gasteiger partial charge in [-0.1, -0.05) is 12.1 Å². The predicted molar refractivity (Wildman–Crippen MR) is 93.0 cm³/mol. The molecular formula is C19H19ClN3O-. The number of aromatic nitrogens is 2. The van der Waals surface area contributed by atoms with Crippen molar-refractivity contribution in [3.8, 4) is 17.1 Å². The van der Waals surface area contributed by atoms with Crippen LogP contribution in [0.15, 0.2) is 48.5 Å². The van der Waals surface area contributed by atoms with Gasteiger partial charge in [0.2, 0.25) is 0 Å². The van der Waals surface area contributed by atoms with Gasteiger partial charge >= 0.3 is 0 Å². The van der Waals surface area contributed by atoms with E-state index in [0.29, 0.717) is 0 Å². The van der Waals surface area contributed by atoms with Crippen molar-refractivity contribution in [1.29, 1.82) is 0 Å². The lowest BCUT2D eigenvalue weighted by Gasteiger charge is -2.19. The summed E-state index contributed by atoms with van der Waals surface area (Å²) in [7, 11) is 1.67. The van der Waals surface area contributed by atoms with Crippen LogP contribution in [0.1, 0.15) is 12.8 Å². The largest absolute Gasteiger partial charge is 1.00 e. The van der Waals surface area contributed by atoms with Gasteiger partial charge < -0.3 is 22.0 Å². The van der Waals surface area contributed by atoms with Crippen molar-refractivity contribution >= 4 is 16.7 Å². The van der Waals surface area contributed by atoms with Crippen LogP contribution in [-0.4, -0.2) is 30.2 Å². The van der Waals surface area contributed by atoms with Gasteiger partial charge in [-0.05, 0) is 49.2 Å². The lowest BCUT2D eigenvalue weighted by atomic mass is 10.1. The zero-order valence-electron chi connectivity index (χ0n) is 13.6. The van der Waals surface area contributed by atoms with E-state index in [1.165, 1.54) is 12.8 Å². The summed E-state index contributed by atoms with van der Waals surface area (Å²) in [6, 6.07) is 16.2. The number of methoxy groups -OCH3 is 1. The monoisotopic (exact) mass is 340 g/mol. The normalized spacial score (nSPS) is 13.8. The summed E-state index contributed by atoms with van der Waals surface area (Å²) in [5.74, 6) is 2.67. The molecule has 2 aromatic carbocycles. The lowest BCUT2D eigenvalue weighted by molar-refractivity contribution is -0.00000499. The Balaban J connectivity index is 0.00000169. The molecule has 1 aliphatic heterocycles. The molecule has 24 heavy (non-hydrogen) atoms. The summed E-state index contributed by atoms with van der Waals surface area (Å²) in [6.07, 6.45) is 2.46. The standard InChI is InChI=1S/C19H19N3O.ClH/c1-23-15-10-8-14(9-11-15)18-20-17-7-3-2-6-16(17)19(21-18)22-12-4-5-13-22;/h2-3,6-11H,4-5,12-13H2,1H3;1H/p-1. The highest BCUT2D eigenvalue weighted by atomic mass is 35.5. The third-order valence-electron chi connectivity index (χ3n) is 4.34. The first-order valence-corrected chi connectivity index (χ1v) is 8.01. The Kier molecular flexibility index (Phi) is 4.86. The van der Waals surface area contributed by atoms with Crippen LogP contribution >= 0.6 is 0 Å². The summed E-state index contributed by atoms with van der Waals surface area (Å²) in [6.45, 7) is 2.14. The molecule has 5 heteroatoms. The Labute approximate surface area is 147 Å². The summed E-state index contributed by atoms with van der Waals surface area (Å²) < 4.78 is 5.23. The minimum absolute atomic E-state index is 0. The van der Waals surface area contributed by atoms with Crippen LogP contribution < -0.4 is 22.0 Å². The van der Waals surface area contributed by atoms with Crippen LogP contribution in [0.4, 0.5) is 5.82 Å². The van der Waals surface area contributed by atoms with Gasteiger partial charge in [-0.15, -0.1) is 0 Å². The van der Waals surface area contributed by atoms with E-state index in [9.17, 15) is 0 Å². The third-order valence-corrected chi connectivity index (χ3v) is 4.34. The van der Waals surface area contributed by atoms with E-state index < -0.39 is 0 Å². The highest BCUT2D eigenvalue weighted by molar-refractivity contribution is 5.91. The molecule has 0 atom stereocenters. The number of anilines is 1. The molecule has 0 saturated carbocycles. The maximum absolute atomic E-state index is 5.23. The molecule has 124 valence electrons. The molecule has 0 radical (unpaired) electrons. The van der Waals surface area contributed by atoms with Crippen LogP contribution in [0.2, 0.25) is 0 Å². The van der Waals surface area contributed by atoms with E-state index in [2.05, 4.69) is 23.1 Å². The van der Waals surface area contributed by atoms with E-state index >= 15 is 0 Å². The Bertz CT molecular complexity index is 830. The third kappa shape index (κ3) is 3.02. The second-order valence-corrected chi connectivity index (χ2v) is 5.81. The van der Waals surface area contributed by atoms with Gasteiger partial charge in [-0.25, -0.2) is 9.97 Å². The fourth-order valence-corrected chi connectivity index (χ4v) is 3.10. The van der Waals surface area contributed by atoms with Crippen LogP contribution in [0, 0.1) is 0 Å². The van der Waals surface area contributed by atoms with Gasteiger partial charge in [0.05, 0.1) is 12.6 Å². The maximum atomic E-state index is 5.23. The van der Waals surface area contributed by atoms with Crippen LogP contribution in [0.5, 0.6) is 5.75 Å². The van der Waals surface area contributed by atoms with Crippen molar-refractivity contribution in [2.75, 3.05) is 25.1 Å². The Morgan fingerprint density at radius 3 is 2.33 bits per heavy atom. The molecule has 3 aromatic rings. The smallest absolute Gasteiger partial charge is 0.162 e. The van der Waals surface area contributed by atoms with Crippen molar-refractivity contribution in [2.24, 2.45) is 0 Å². The van der Waals surface area contributed by atoms with Crippen LogP contribution in [0.3, 0.4) is 0 Å². The number of nitrogens with zero attached hydrogens (tertiary/aromatic N) is 3. The number of benzene rings is 2. The molecule has 1 fully saturated rings. The highest BCUT2D eigenvalue weighted by Crippen LogP contribution is 2.30. The Morgan fingerprint density at radius 2 is 1.62 bits per heavy atom. The zero-order chi connectivity index (χ0) is 15.6. The van der Waals surface area contributed by atoms with Crippen molar-refractivity contribution in [3.05, 3.63) is 48.5 Å². The van der Waals surface area contributed by atoms with Crippen molar-refractivity contribution in [2.45, 2.75) is 12.8 Å². The topological polar surface area (TPSA) is 38.2 Å². The SMILES string of the molecule is COc1ccc(-c2nc(N3CCCC3)c3ccccc3n2)cc1.[Cl-]. The second-order valence-electron chi connectivity index (χ2n) is 5.81. The van der Waals surface area contributed by atoms with Crippen LogP contribution in [0.25, 0.3) is 22.3 Å². The molecule has 0 unspecified atom stereocenters. The fraction of sp³-hybridized carbons (Fsp3) is 0.263. The number of rotatable bonds is 3. The molecule has 2 heterocycles. The minimum Gasteiger partial charge on any atom is -1.00 e. The fourth-order valence-electron chi connectivity index (χ4n) is 3.10. The van der Waals surface area contributed by atoms with Gasteiger partial charge in [-0.2, -0.15) is 0 Å². The van der Waals surface area contributed by atoms with E-state index in [-0.39, 0.29) is 12.4 Å². The maximum Gasteiger partial charge on any atom is 0.162 e. The predicted octanol–water partition coefficient (Wildman–Crippen LogP) is 0.910. The average Bonchev–Trinajstić information content (AvgIpc) is 3.15. The van der Waals surface area contributed by atoms with Crippen molar-refractivity contribution in [1.82, 2.24) is 9.97 Å². The molecule has 1 aliphatic rings. The van der Waals surface area contributed by atoms with Gasteiger partial charge in [-0.3, -0.25) is 0 Å². The van der Waals surface area contributed by atoms with Gasteiger partial charge in [0.15, 0.2) is 5.82 Å². The summed E-state index contributed by atoms with van der Waals surface area (Å²) in [5, 5.41) is 1.13. The number of para-hydroxylation sites is 1. The van der Waals surface area contributed by atoms with E-state index in [0.717, 1.165) is 46.9 Å². The quantitative estimate of drug-likeness (QED) is 0.710. The molecule has 0 spiro atoms.